The highest BCUT2D eigenvalue weighted by molar-refractivity contribution is 8.18. The molecule has 0 spiro atoms. The number of esters is 1. The van der Waals surface area contributed by atoms with Crippen molar-refractivity contribution < 1.29 is 19.4 Å². The number of aliphatic hydroxyl groups is 1. The molecular formula is C27H23NO4S. The van der Waals surface area contributed by atoms with Gasteiger partial charge in [-0.3, -0.25) is 0 Å². The third kappa shape index (κ3) is 5.73. The number of carbonyl (C=O) groups excluding carboxylic acids is 1. The Bertz CT molecular complexity index is 1200. The van der Waals surface area contributed by atoms with E-state index in [9.17, 15) is 9.90 Å². The fraction of sp³-hybridized carbons (Fsp3) is 0.111. The molecule has 1 aliphatic heterocycles. The van der Waals surface area contributed by atoms with Crippen LogP contribution in [0.4, 0.5) is 5.69 Å². The molecule has 3 aromatic carbocycles. The summed E-state index contributed by atoms with van der Waals surface area (Å²) in [6.07, 6.45) is 1.81. The molecule has 1 aliphatic rings. The molecule has 0 saturated heterocycles. The number of thioether (sulfide) groups is 1. The van der Waals surface area contributed by atoms with Gasteiger partial charge in [0.15, 0.2) is 0 Å². The monoisotopic (exact) mass is 457 g/mol. The minimum atomic E-state index is -0.592. The number of benzene rings is 3. The lowest BCUT2D eigenvalue weighted by Crippen LogP contribution is -2.12. The molecule has 6 heteroatoms. The summed E-state index contributed by atoms with van der Waals surface area (Å²) in [5, 5.41) is 11.2. The average Bonchev–Trinajstić information content (AvgIpc) is 3.14. The van der Waals surface area contributed by atoms with Crippen molar-refractivity contribution in [2.75, 3.05) is 6.61 Å². The van der Waals surface area contributed by atoms with Crippen molar-refractivity contribution in [3.8, 4) is 5.75 Å². The molecule has 0 bridgehead atoms. The first kappa shape index (κ1) is 22.4. The molecule has 4 rings (SSSR count). The highest BCUT2D eigenvalue weighted by Crippen LogP contribution is 2.40. The first-order valence-electron chi connectivity index (χ1n) is 10.5. The Labute approximate surface area is 197 Å². The molecule has 166 valence electrons. The summed E-state index contributed by atoms with van der Waals surface area (Å²) >= 11 is 1.24. The molecule has 0 aromatic heterocycles. The summed E-state index contributed by atoms with van der Waals surface area (Å²) in [7, 11) is 0. The number of ether oxygens (including phenoxy) is 2. The van der Waals surface area contributed by atoms with Crippen molar-refractivity contribution in [3.05, 3.63) is 112 Å². The normalized spacial score (nSPS) is 15.8. The molecule has 1 heterocycles. The van der Waals surface area contributed by atoms with Gasteiger partial charge >= 0.3 is 5.97 Å². The molecule has 0 amide bonds. The van der Waals surface area contributed by atoms with Gasteiger partial charge in [-0.2, -0.15) is 0 Å². The second-order valence-electron chi connectivity index (χ2n) is 7.15. The summed E-state index contributed by atoms with van der Waals surface area (Å²) in [5.74, 6) is 0.0289. The lowest BCUT2D eigenvalue weighted by molar-refractivity contribution is -0.138. The molecule has 0 unspecified atom stereocenters. The van der Waals surface area contributed by atoms with Gasteiger partial charge in [0, 0.05) is 0 Å². The van der Waals surface area contributed by atoms with Gasteiger partial charge in [-0.1, -0.05) is 72.4 Å². The van der Waals surface area contributed by atoms with Crippen molar-refractivity contribution in [3.63, 3.8) is 0 Å². The van der Waals surface area contributed by atoms with Crippen LogP contribution in [0.1, 0.15) is 18.1 Å². The van der Waals surface area contributed by atoms with E-state index in [0.29, 0.717) is 22.2 Å². The number of para-hydroxylation sites is 1. The number of nitrogens with zero attached hydrogens (tertiary/aromatic N) is 1. The first-order chi connectivity index (χ1) is 16.1. The number of hydrogen-bond donors (Lipinski definition) is 1. The molecule has 33 heavy (non-hydrogen) atoms. The maximum absolute atomic E-state index is 12.5. The second-order valence-corrected chi connectivity index (χ2v) is 8.18. The van der Waals surface area contributed by atoms with E-state index in [1.54, 1.807) is 6.92 Å². The second kappa shape index (κ2) is 10.7. The van der Waals surface area contributed by atoms with Crippen LogP contribution in [-0.4, -0.2) is 22.7 Å². The van der Waals surface area contributed by atoms with Gasteiger partial charge in [-0.05, 0) is 48.4 Å². The van der Waals surface area contributed by atoms with E-state index >= 15 is 0 Å². The minimum absolute atomic E-state index is 0.0831. The van der Waals surface area contributed by atoms with Crippen molar-refractivity contribution in [1.82, 2.24) is 0 Å². The summed E-state index contributed by atoms with van der Waals surface area (Å²) in [4.78, 5) is 17.6. The van der Waals surface area contributed by atoms with Gasteiger partial charge in [-0.15, -0.1) is 0 Å². The number of carbonyl (C=O) groups is 1. The van der Waals surface area contributed by atoms with Gasteiger partial charge in [0.2, 0.25) is 0 Å². The lowest BCUT2D eigenvalue weighted by Gasteiger charge is -2.06. The molecule has 0 atom stereocenters. The van der Waals surface area contributed by atoms with E-state index in [2.05, 4.69) is 4.99 Å². The van der Waals surface area contributed by atoms with Crippen LogP contribution in [0.5, 0.6) is 5.75 Å². The van der Waals surface area contributed by atoms with E-state index in [4.69, 9.17) is 9.47 Å². The summed E-state index contributed by atoms with van der Waals surface area (Å²) in [5.41, 5.74) is 2.73. The van der Waals surface area contributed by atoms with Crippen LogP contribution in [0, 0.1) is 0 Å². The minimum Gasteiger partial charge on any atom is -0.506 e. The summed E-state index contributed by atoms with van der Waals surface area (Å²) < 4.78 is 11.0. The van der Waals surface area contributed by atoms with Crippen LogP contribution in [-0.2, 0) is 16.1 Å². The Kier molecular flexibility index (Phi) is 7.27. The standard InChI is InChI=1S/C27H23NO4S/c1-2-31-27(30)24-25(29)23(33-26(24)28-21-11-7-4-8-12-21)17-19-13-15-22(16-14-19)32-18-20-9-5-3-6-10-20/h3-17,29H,2,18H2,1H3. The van der Waals surface area contributed by atoms with Crippen molar-refractivity contribution in [1.29, 1.82) is 0 Å². The Morgan fingerprint density at radius 3 is 2.30 bits per heavy atom. The predicted octanol–water partition coefficient (Wildman–Crippen LogP) is 6.46. The average molecular weight is 458 g/mol. The molecule has 0 radical (unpaired) electrons. The number of aliphatic imine (C=N–C) groups is 1. The Morgan fingerprint density at radius 1 is 0.970 bits per heavy atom. The van der Waals surface area contributed by atoms with Crippen LogP contribution >= 0.6 is 11.8 Å². The molecule has 0 aliphatic carbocycles. The topological polar surface area (TPSA) is 68.1 Å². The van der Waals surface area contributed by atoms with Gasteiger partial charge in [0.1, 0.15) is 28.7 Å². The maximum Gasteiger partial charge on any atom is 0.344 e. The zero-order chi connectivity index (χ0) is 23.0. The summed E-state index contributed by atoms with van der Waals surface area (Å²) in [6.45, 7) is 2.43. The third-order valence-electron chi connectivity index (χ3n) is 4.78. The van der Waals surface area contributed by atoms with Gasteiger partial charge in [0.05, 0.1) is 17.2 Å². The lowest BCUT2D eigenvalue weighted by atomic mass is 10.1. The van der Waals surface area contributed by atoms with E-state index in [0.717, 1.165) is 16.9 Å². The van der Waals surface area contributed by atoms with Crippen LogP contribution in [0.15, 0.2) is 106 Å². The molecule has 0 saturated carbocycles. The van der Waals surface area contributed by atoms with Gasteiger partial charge in [0.25, 0.3) is 0 Å². The van der Waals surface area contributed by atoms with E-state index in [-0.39, 0.29) is 17.9 Å². The van der Waals surface area contributed by atoms with E-state index < -0.39 is 5.97 Å². The highest BCUT2D eigenvalue weighted by atomic mass is 32.2. The summed E-state index contributed by atoms with van der Waals surface area (Å²) in [6, 6.07) is 26.8. The molecule has 5 nitrogen and oxygen atoms in total. The van der Waals surface area contributed by atoms with Crippen molar-refractivity contribution in [2.24, 2.45) is 4.99 Å². The Morgan fingerprint density at radius 2 is 1.64 bits per heavy atom. The zero-order valence-electron chi connectivity index (χ0n) is 18.1. The maximum atomic E-state index is 12.5. The van der Waals surface area contributed by atoms with Crippen LogP contribution < -0.4 is 4.74 Å². The van der Waals surface area contributed by atoms with Crippen molar-refractivity contribution >= 4 is 34.5 Å². The molecule has 0 fully saturated rings. The number of aliphatic hydroxyl groups excluding tert-OH is 1. The first-order valence-corrected chi connectivity index (χ1v) is 11.4. The van der Waals surface area contributed by atoms with E-state index in [1.165, 1.54) is 11.8 Å². The Balaban J connectivity index is 1.55. The smallest absolute Gasteiger partial charge is 0.344 e. The highest BCUT2D eigenvalue weighted by Gasteiger charge is 2.33. The third-order valence-corrected chi connectivity index (χ3v) is 5.80. The van der Waals surface area contributed by atoms with Crippen LogP contribution in [0.3, 0.4) is 0 Å². The molecule has 3 aromatic rings. The fourth-order valence-electron chi connectivity index (χ4n) is 3.16. The number of hydrogen-bond acceptors (Lipinski definition) is 6. The fourth-order valence-corrected chi connectivity index (χ4v) is 4.20. The number of rotatable bonds is 7. The SMILES string of the molecule is CCOC(=O)C1=C(O)C(=Cc2ccc(OCc3ccccc3)cc2)SC1=Nc1ccccc1. The van der Waals surface area contributed by atoms with Crippen LogP contribution in [0.2, 0.25) is 0 Å². The predicted molar refractivity (Wildman–Crippen MR) is 133 cm³/mol. The quantitative estimate of drug-likeness (QED) is 0.413. The van der Waals surface area contributed by atoms with Gasteiger partial charge in [-0.25, -0.2) is 9.79 Å². The van der Waals surface area contributed by atoms with Crippen LogP contribution in [0.25, 0.3) is 6.08 Å². The molecular weight excluding hydrogens is 434 g/mol. The van der Waals surface area contributed by atoms with Gasteiger partial charge < -0.3 is 14.6 Å². The van der Waals surface area contributed by atoms with E-state index in [1.807, 2.05) is 91.0 Å². The van der Waals surface area contributed by atoms with Crippen molar-refractivity contribution in [2.45, 2.75) is 13.5 Å². The Hall–Kier alpha value is -3.77. The zero-order valence-corrected chi connectivity index (χ0v) is 18.9. The largest absolute Gasteiger partial charge is 0.506 e. The molecule has 1 N–H and O–H groups in total.